The van der Waals surface area contributed by atoms with Gasteiger partial charge in [-0.15, -0.1) is 0 Å². The van der Waals surface area contributed by atoms with Crippen LogP contribution in [-0.4, -0.2) is 38.8 Å². The predicted octanol–water partition coefficient (Wildman–Crippen LogP) is 2.99. The summed E-state index contributed by atoms with van der Waals surface area (Å²) in [6.07, 6.45) is 0. The van der Waals surface area contributed by atoms with Crippen LogP contribution in [0.25, 0.3) is 0 Å². The van der Waals surface area contributed by atoms with Gasteiger partial charge in [0.2, 0.25) is 5.91 Å². The van der Waals surface area contributed by atoms with Crippen LogP contribution < -0.4 is 15.5 Å². The summed E-state index contributed by atoms with van der Waals surface area (Å²) in [7, 11) is 0. The summed E-state index contributed by atoms with van der Waals surface area (Å²) >= 11 is 0. The van der Waals surface area contributed by atoms with Crippen LogP contribution in [0.3, 0.4) is 0 Å². The van der Waals surface area contributed by atoms with E-state index in [0.29, 0.717) is 13.2 Å². The molecular formula is C18H18F3N3O2. The van der Waals surface area contributed by atoms with Crippen molar-refractivity contribution in [1.29, 1.82) is 0 Å². The molecule has 0 aliphatic carbocycles. The third-order valence-corrected chi connectivity index (χ3v) is 4.00. The molecule has 5 nitrogen and oxygen atoms in total. The summed E-state index contributed by atoms with van der Waals surface area (Å²) < 4.78 is 45.1. The maximum Gasteiger partial charge on any atom is 0.243 e. The van der Waals surface area contributed by atoms with E-state index in [9.17, 15) is 18.0 Å². The first-order chi connectivity index (χ1) is 12.6. The van der Waals surface area contributed by atoms with Crippen molar-refractivity contribution in [3.8, 4) is 0 Å². The van der Waals surface area contributed by atoms with Gasteiger partial charge in [-0.1, -0.05) is 12.1 Å². The van der Waals surface area contributed by atoms with Crippen LogP contribution in [0.2, 0.25) is 0 Å². The van der Waals surface area contributed by atoms with Gasteiger partial charge in [0.15, 0.2) is 17.5 Å². The Balaban J connectivity index is 1.64. The normalized spacial score (nSPS) is 14.2. The number of anilines is 3. The molecule has 0 radical (unpaired) electrons. The van der Waals surface area contributed by atoms with Crippen molar-refractivity contribution < 1.29 is 22.7 Å². The van der Waals surface area contributed by atoms with Crippen molar-refractivity contribution in [1.82, 2.24) is 0 Å². The monoisotopic (exact) mass is 365 g/mol. The van der Waals surface area contributed by atoms with Gasteiger partial charge in [0.1, 0.15) is 0 Å². The summed E-state index contributed by atoms with van der Waals surface area (Å²) in [6, 6.07) is 9.23. The Kier molecular flexibility index (Phi) is 5.62. The molecule has 2 aromatic carbocycles. The van der Waals surface area contributed by atoms with Crippen LogP contribution in [0.15, 0.2) is 36.4 Å². The topological polar surface area (TPSA) is 53.6 Å². The molecule has 1 heterocycles. The standard InChI is InChI=1S/C18H18F3N3O2/c19-12-5-6-14(18(21)17(12)20)23-16(25)11-22-13-3-1-2-4-15(13)24-7-9-26-10-8-24/h1-6,22H,7-11H2,(H,23,25). The van der Waals surface area contributed by atoms with Crippen molar-refractivity contribution in [2.24, 2.45) is 0 Å². The summed E-state index contributed by atoms with van der Waals surface area (Å²) in [5, 5.41) is 5.22. The SMILES string of the molecule is O=C(CNc1ccccc1N1CCOCC1)Nc1ccc(F)c(F)c1F. The van der Waals surface area contributed by atoms with E-state index in [1.807, 2.05) is 24.3 Å². The maximum atomic E-state index is 13.6. The second-order valence-electron chi connectivity index (χ2n) is 5.74. The Morgan fingerprint density at radius 3 is 2.50 bits per heavy atom. The van der Waals surface area contributed by atoms with Gasteiger partial charge in [0.25, 0.3) is 0 Å². The lowest BCUT2D eigenvalue weighted by atomic mass is 10.2. The molecule has 8 heteroatoms. The Hall–Kier alpha value is -2.74. The average Bonchev–Trinajstić information content (AvgIpc) is 2.68. The van der Waals surface area contributed by atoms with Gasteiger partial charge in [0, 0.05) is 13.1 Å². The number of benzene rings is 2. The number of morpholine rings is 1. The first-order valence-electron chi connectivity index (χ1n) is 8.15. The number of rotatable bonds is 5. The molecule has 0 saturated carbocycles. The summed E-state index contributed by atoms with van der Waals surface area (Å²) in [6.45, 7) is 2.59. The molecule has 1 fully saturated rings. The number of halogens is 3. The average molecular weight is 365 g/mol. The van der Waals surface area contributed by atoms with Crippen LogP contribution in [0.4, 0.5) is 30.2 Å². The van der Waals surface area contributed by atoms with E-state index in [2.05, 4.69) is 15.5 Å². The summed E-state index contributed by atoms with van der Waals surface area (Å²) in [5.41, 5.74) is 1.27. The highest BCUT2D eigenvalue weighted by Crippen LogP contribution is 2.26. The van der Waals surface area contributed by atoms with Gasteiger partial charge in [-0.25, -0.2) is 13.2 Å². The number of carbonyl (C=O) groups is 1. The third-order valence-electron chi connectivity index (χ3n) is 4.00. The van der Waals surface area contributed by atoms with Gasteiger partial charge >= 0.3 is 0 Å². The number of para-hydroxylation sites is 2. The molecule has 2 aromatic rings. The van der Waals surface area contributed by atoms with E-state index < -0.39 is 29.0 Å². The molecule has 2 N–H and O–H groups in total. The number of hydrogen-bond donors (Lipinski definition) is 2. The zero-order chi connectivity index (χ0) is 18.5. The lowest BCUT2D eigenvalue weighted by Gasteiger charge is -2.30. The Morgan fingerprint density at radius 1 is 1.00 bits per heavy atom. The smallest absolute Gasteiger partial charge is 0.243 e. The number of amides is 1. The molecular weight excluding hydrogens is 347 g/mol. The first kappa shape index (κ1) is 18.1. The van der Waals surface area contributed by atoms with Crippen molar-refractivity contribution in [3.63, 3.8) is 0 Å². The highest BCUT2D eigenvalue weighted by atomic mass is 19.2. The second-order valence-corrected chi connectivity index (χ2v) is 5.74. The fraction of sp³-hybridized carbons (Fsp3) is 0.278. The molecule has 138 valence electrons. The third kappa shape index (κ3) is 4.08. The summed E-state index contributed by atoms with van der Waals surface area (Å²) in [4.78, 5) is 14.2. The minimum absolute atomic E-state index is 0.153. The molecule has 1 aliphatic heterocycles. The van der Waals surface area contributed by atoms with Gasteiger partial charge < -0.3 is 20.3 Å². The Morgan fingerprint density at radius 2 is 1.73 bits per heavy atom. The van der Waals surface area contributed by atoms with Crippen molar-refractivity contribution in [3.05, 3.63) is 53.8 Å². The Labute approximate surface area is 148 Å². The lowest BCUT2D eigenvalue weighted by Crippen LogP contribution is -2.36. The van der Waals surface area contributed by atoms with Crippen LogP contribution in [0, 0.1) is 17.5 Å². The van der Waals surface area contributed by atoms with Crippen LogP contribution >= 0.6 is 0 Å². The number of hydrogen-bond acceptors (Lipinski definition) is 4. The molecule has 0 bridgehead atoms. The van der Waals surface area contributed by atoms with E-state index in [1.54, 1.807) is 0 Å². The molecule has 0 atom stereocenters. The molecule has 1 saturated heterocycles. The first-order valence-corrected chi connectivity index (χ1v) is 8.15. The Bertz CT molecular complexity index is 795. The van der Waals surface area contributed by atoms with Crippen molar-refractivity contribution >= 4 is 23.0 Å². The predicted molar refractivity (Wildman–Crippen MR) is 92.9 cm³/mol. The van der Waals surface area contributed by atoms with Gasteiger partial charge in [-0.2, -0.15) is 0 Å². The van der Waals surface area contributed by atoms with Gasteiger partial charge in [0.05, 0.1) is 36.8 Å². The van der Waals surface area contributed by atoms with Crippen LogP contribution in [0.1, 0.15) is 0 Å². The largest absolute Gasteiger partial charge is 0.378 e. The number of carbonyl (C=O) groups excluding carboxylic acids is 1. The van der Waals surface area contributed by atoms with E-state index >= 15 is 0 Å². The molecule has 1 aliphatic rings. The maximum absolute atomic E-state index is 13.6. The molecule has 1 amide bonds. The molecule has 0 spiro atoms. The molecule has 0 unspecified atom stereocenters. The molecule has 0 aromatic heterocycles. The highest BCUT2D eigenvalue weighted by molar-refractivity contribution is 5.94. The summed E-state index contributed by atoms with van der Waals surface area (Å²) in [5.74, 6) is -4.93. The van der Waals surface area contributed by atoms with E-state index in [4.69, 9.17) is 4.74 Å². The lowest BCUT2D eigenvalue weighted by molar-refractivity contribution is -0.114. The fourth-order valence-corrected chi connectivity index (χ4v) is 2.70. The highest BCUT2D eigenvalue weighted by Gasteiger charge is 2.17. The van der Waals surface area contributed by atoms with Crippen molar-refractivity contribution in [2.45, 2.75) is 0 Å². The van der Waals surface area contributed by atoms with Gasteiger partial charge in [-0.3, -0.25) is 4.79 Å². The fourth-order valence-electron chi connectivity index (χ4n) is 2.70. The second kappa shape index (κ2) is 8.09. The quantitative estimate of drug-likeness (QED) is 0.800. The van der Waals surface area contributed by atoms with Crippen LogP contribution in [-0.2, 0) is 9.53 Å². The minimum atomic E-state index is -1.62. The van der Waals surface area contributed by atoms with E-state index in [-0.39, 0.29) is 6.54 Å². The van der Waals surface area contributed by atoms with Crippen LogP contribution in [0.5, 0.6) is 0 Å². The number of nitrogens with one attached hydrogen (secondary N) is 2. The number of nitrogens with zero attached hydrogens (tertiary/aromatic N) is 1. The van der Waals surface area contributed by atoms with E-state index in [1.165, 1.54) is 0 Å². The van der Waals surface area contributed by atoms with Crippen molar-refractivity contribution in [2.75, 3.05) is 48.4 Å². The zero-order valence-electron chi connectivity index (χ0n) is 13.9. The zero-order valence-corrected chi connectivity index (χ0v) is 13.9. The molecule has 3 rings (SSSR count). The van der Waals surface area contributed by atoms with E-state index in [0.717, 1.165) is 36.6 Å². The molecule has 26 heavy (non-hydrogen) atoms. The van der Waals surface area contributed by atoms with Gasteiger partial charge in [-0.05, 0) is 24.3 Å². The number of ether oxygens (including phenoxy) is 1. The minimum Gasteiger partial charge on any atom is -0.378 e.